The molecule has 0 fully saturated rings. The molecule has 1 N–H and O–H groups in total. The van der Waals surface area contributed by atoms with Crippen LogP contribution in [-0.4, -0.2) is 8.42 Å². The summed E-state index contributed by atoms with van der Waals surface area (Å²) in [5, 5.41) is 0. The molecule has 94 valence electrons. The Morgan fingerprint density at radius 2 is 1.82 bits per heavy atom. The van der Waals surface area contributed by atoms with Crippen molar-refractivity contribution in [3.8, 4) is 0 Å². The lowest BCUT2D eigenvalue weighted by atomic mass is 9.89. The second kappa shape index (κ2) is 3.56. The van der Waals surface area contributed by atoms with Crippen molar-refractivity contribution in [3.63, 3.8) is 0 Å². The number of fused-ring (bicyclic) bond motifs is 1. The molecule has 0 saturated heterocycles. The van der Waals surface area contributed by atoms with Crippen molar-refractivity contribution in [1.29, 1.82) is 0 Å². The summed E-state index contributed by atoms with van der Waals surface area (Å²) in [6, 6.07) is 3.95. The predicted octanol–water partition coefficient (Wildman–Crippen LogP) is 2.65. The smallest absolute Gasteiger partial charge is 0.207 e. The van der Waals surface area contributed by atoms with Crippen LogP contribution in [0.4, 0.5) is 0 Å². The Kier molecular flexibility index (Phi) is 2.64. The molecule has 3 nitrogen and oxygen atoms in total. The van der Waals surface area contributed by atoms with E-state index in [-0.39, 0.29) is 5.92 Å². The SMILES string of the molecule is Cc1cc(C(C)C)c2c(c1)C(C)(C)NS2(=O)=O. The average Bonchev–Trinajstić information content (AvgIpc) is 2.31. The largest absolute Gasteiger partial charge is 0.241 e. The molecular formula is C13H19NO2S. The maximum absolute atomic E-state index is 12.2. The molecule has 17 heavy (non-hydrogen) atoms. The molecule has 0 unspecified atom stereocenters. The van der Waals surface area contributed by atoms with E-state index >= 15 is 0 Å². The Bertz CT molecular complexity index is 571. The summed E-state index contributed by atoms with van der Waals surface area (Å²) in [5.74, 6) is 0.203. The summed E-state index contributed by atoms with van der Waals surface area (Å²) in [5.41, 5.74) is 2.41. The Hall–Kier alpha value is -0.870. The van der Waals surface area contributed by atoms with Crippen molar-refractivity contribution in [2.24, 2.45) is 0 Å². The van der Waals surface area contributed by atoms with Crippen molar-refractivity contribution in [2.45, 2.75) is 51.0 Å². The fourth-order valence-electron chi connectivity index (χ4n) is 2.44. The van der Waals surface area contributed by atoms with E-state index in [2.05, 4.69) is 4.72 Å². The normalized spacial score (nSPS) is 20.6. The van der Waals surface area contributed by atoms with Gasteiger partial charge < -0.3 is 0 Å². The van der Waals surface area contributed by atoms with Crippen LogP contribution in [-0.2, 0) is 15.6 Å². The van der Waals surface area contributed by atoms with Gasteiger partial charge in [-0.25, -0.2) is 13.1 Å². The topological polar surface area (TPSA) is 46.2 Å². The highest BCUT2D eigenvalue weighted by molar-refractivity contribution is 7.90. The molecule has 4 heteroatoms. The molecule has 0 amide bonds. The van der Waals surface area contributed by atoms with Gasteiger partial charge in [-0.05, 0) is 37.8 Å². The van der Waals surface area contributed by atoms with Crippen molar-refractivity contribution < 1.29 is 8.42 Å². The molecule has 1 aliphatic heterocycles. The number of aryl methyl sites for hydroxylation is 1. The molecule has 1 heterocycles. The summed E-state index contributed by atoms with van der Waals surface area (Å²) >= 11 is 0. The van der Waals surface area contributed by atoms with Gasteiger partial charge in [0.25, 0.3) is 0 Å². The third-order valence-electron chi connectivity index (χ3n) is 3.22. The molecule has 0 spiro atoms. The Balaban J connectivity index is 2.87. The van der Waals surface area contributed by atoms with E-state index in [1.807, 2.05) is 46.8 Å². The minimum Gasteiger partial charge on any atom is -0.207 e. The van der Waals surface area contributed by atoms with Crippen molar-refractivity contribution in [1.82, 2.24) is 4.72 Å². The molecule has 0 saturated carbocycles. The lowest BCUT2D eigenvalue weighted by Crippen LogP contribution is -2.32. The highest BCUT2D eigenvalue weighted by Crippen LogP contribution is 2.40. The van der Waals surface area contributed by atoms with Crippen LogP contribution in [0.15, 0.2) is 17.0 Å². The number of benzene rings is 1. The minimum atomic E-state index is -3.36. The van der Waals surface area contributed by atoms with Crippen LogP contribution < -0.4 is 4.72 Å². The lowest BCUT2D eigenvalue weighted by molar-refractivity contribution is 0.493. The van der Waals surface area contributed by atoms with Crippen LogP contribution in [0.3, 0.4) is 0 Å². The molecule has 0 aromatic heterocycles. The first-order valence-electron chi connectivity index (χ1n) is 5.84. The van der Waals surface area contributed by atoms with Crippen molar-refractivity contribution >= 4 is 10.0 Å². The van der Waals surface area contributed by atoms with Crippen LogP contribution in [0.1, 0.15) is 50.3 Å². The van der Waals surface area contributed by atoms with Gasteiger partial charge in [-0.2, -0.15) is 0 Å². The number of sulfonamides is 1. The molecule has 1 aromatic rings. The average molecular weight is 253 g/mol. The maximum atomic E-state index is 12.2. The number of rotatable bonds is 1. The summed E-state index contributed by atoms with van der Waals surface area (Å²) in [6.07, 6.45) is 0. The second-order valence-corrected chi connectivity index (χ2v) is 7.24. The second-order valence-electron chi connectivity index (χ2n) is 5.62. The highest BCUT2D eigenvalue weighted by atomic mass is 32.2. The van der Waals surface area contributed by atoms with Crippen molar-refractivity contribution in [3.05, 3.63) is 28.8 Å². The van der Waals surface area contributed by atoms with Gasteiger partial charge >= 0.3 is 0 Å². The zero-order valence-corrected chi connectivity index (χ0v) is 11.8. The Morgan fingerprint density at radius 1 is 1.24 bits per heavy atom. The first kappa shape index (κ1) is 12.6. The molecule has 1 aromatic carbocycles. The van der Waals surface area contributed by atoms with Gasteiger partial charge in [-0.3, -0.25) is 0 Å². The molecule has 2 rings (SSSR count). The minimum absolute atomic E-state index is 0.203. The highest BCUT2D eigenvalue weighted by Gasteiger charge is 2.41. The van der Waals surface area contributed by atoms with Crippen LogP contribution in [0.5, 0.6) is 0 Å². The third-order valence-corrected chi connectivity index (χ3v) is 4.99. The van der Waals surface area contributed by atoms with E-state index in [9.17, 15) is 8.42 Å². The van der Waals surface area contributed by atoms with Gasteiger partial charge in [0.2, 0.25) is 10.0 Å². The third kappa shape index (κ3) is 1.89. The quantitative estimate of drug-likeness (QED) is 0.836. The van der Waals surface area contributed by atoms with Gasteiger partial charge in [0.05, 0.1) is 10.4 Å². The summed E-state index contributed by atoms with van der Waals surface area (Å²) < 4.78 is 27.1. The van der Waals surface area contributed by atoms with Crippen LogP contribution in [0, 0.1) is 6.92 Å². The van der Waals surface area contributed by atoms with E-state index in [1.165, 1.54) is 0 Å². The maximum Gasteiger partial charge on any atom is 0.241 e. The van der Waals surface area contributed by atoms with E-state index in [0.29, 0.717) is 4.90 Å². The van der Waals surface area contributed by atoms with E-state index in [0.717, 1.165) is 16.7 Å². The zero-order valence-electron chi connectivity index (χ0n) is 11.0. The standard InChI is InChI=1S/C13H19NO2S/c1-8(2)10-6-9(3)7-11-12(10)17(15,16)14-13(11,4)5/h6-8,14H,1-5H3. The molecule has 1 aliphatic rings. The predicted molar refractivity (Wildman–Crippen MR) is 68.6 cm³/mol. The lowest BCUT2D eigenvalue weighted by Gasteiger charge is -2.18. The number of nitrogens with one attached hydrogen (secondary N) is 1. The fraction of sp³-hybridized carbons (Fsp3) is 0.538. The summed E-state index contributed by atoms with van der Waals surface area (Å²) in [7, 11) is -3.36. The van der Waals surface area contributed by atoms with Gasteiger partial charge in [-0.1, -0.05) is 31.5 Å². The number of hydrogen-bond donors (Lipinski definition) is 1. The molecule has 0 radical (unpaired) electrons. The number of hydrogen-bond acceptors (Lipinski definition) is 2. The molecular weight excluding hydrogens is 234 g/mol. The Morgan fingerprint density at radius 3 is 2.35 bits per heavy atom. The van der Waals surface area contributed by atoms with Gasteiger partial charge in [0.15, 0.2) is 0 Å². The first-order chi connectivity index (χ1) is 7.65. The zero-order chi connectivity index (χ0) is 13.0. The van der Waals surface area contributed by atoms with E-state index < -0.39 is 15.6 Å². The molecule has 0 bridgehead atoms. The van der Waals surface area contributed by atoms with Crippen molar-refractivity contribution in [2.75, 3.05) is 0 Å². The van der Waals surface area contributed by atoms with Crippen LogP contribution in [0.2, 0.25) is 0 Å². The molecule has 0 atom stereocenters. The van der Waals surface area contributed by atoms with Gasteiger partial charge in [0.1, 0.15) is 0 Å². The fourth-order valence-corrected chi connectivity index (χ4v) is 4.53. The van der Waals surface area contributed by atoms with Crippen LogP contribution in [0.25, 0.3) is 0 Å². The summed E-state index contributed by atoms with van der Waals surface area (Å²) in [6.45, 7) is 9.86. The monoisotopic (exact) mass is 253 g/mol. The van der Waals surface area contributed by atoms with Gasteiger partial charge in [-0.15, -0.1) is 0 Å². The molecule has 0 aliphatic carbocycles. The van der Waals surface area contributed by atoms with E-state index in [1.54, 1.807) is 0 Å². The summed E-state index contributed by atoms with van der Waals surface area (Å²) in [4.78, 5) is 0.489. The van der Waals surface area contributed by atoms with E-state index in [4.69, 9.17) is 0 Å². The van der Waals surface area contributed by atoms with Gasteiger partial charge in [0, 0.05) is 0 Å². The van der Waals surface area contributed by atoms with Crippen LogP contribution >= 0.6 is 0 Å². The Labute approximate surface area is 103 Å². The first-order valence-corrected chi connectivity index (χ1v) is 7.32.